The van der Waals surface area contributed by atoms with E-state index in [0.717, 1.165) is 15.9 Å². The van der Waals surface area contributed by atoms with E-state index in [4.69, 9.17) is 0 Å². The number of amides is 1. The topological polar surface area (TPSA) is 64.7 Å². The van der Waals surface area contributed by atoms with Crippen molar-refractivity contribution in [3.05, 3.63) is 64.0 Å². The highest BCUT2D eigenvalue weighted by molar-refractivity contribution is 9.10. The first-order valence-electron chi connectivity index (χ1n) is 8.09. The standard InChI is InChI=1S/C18H20BrN5O/c1-13-10-17(22-24(13)12-15-6-4-3-5-7-15)21-18(25)8-9-23-14(2)16(19)11-20-23/h3-7,10-11H,8-9,12H2,1-2H3,(H,21,22,25). The first kappa shape index (κ1) is 17.4. The number of aromatic nitrogens is 4. The van der Waals surface area contributed by atoms with Crippen molar-refractivity contribution in [2.75, 3.05) is 5.32 Å². The lowest BCUT2D eigenvalue weighted by atomic mass is 10.2. The summed E-state index contributed by atoms with van der Waals surface area (Å²) in [5.74, 6) is 0.507. The predicted molar refractivity (Wildman–Crippen MR) is 100 cm³/mol. The van der Waals surface area contributed by atoms with E-state index in [2.05, 4.69) is 43.6 Å². The van der Waals surface area contributed by atoms with Gasteiger partial charge in [0, 0.05) is 23.9 Å². The number of rotatable bonds is 6. The Balaban J connectivity index is 1.58. The number of halogens is 1. The summed E-state index contributed by atoms with van der Waals surface area (Å²) in [6.07, 6.45) is 2.08. The van der Waals surface area contributed by atoms with Crippen molar-refractivity contribution in [3.63, 3.8) is 0 Å². The molecule has 0 fully saturated rings. The molecule has 0 aliphatic carbocycles. The maximum absolute atomic E-state index is 12.2. The minimum Gasteiger partial charge on any atom is -0.309 e. The van der Waals surface area contributed by atoms with Crippen LogP contribution in [0, 0.1) is 13.8 Å². The Morgan fingerprint density at radius 2 is 1.96 bits per heavy atom. The van der Waals surface area contributed by atoms with Gasteiger partial charge in [-0.3, -0.25) is 14.2 Å². The van der Waals surface area contributed by atoms with Crippen molar-refractivity contribution in [2.45, 2.75) is 33.4 Å². The van der Waals surface area contributed by atoms with E-state index >= 15 is 0 Å². The van der Waals surface area contributed by atoms with E-state index in [1.807, 2.05) is 47.5 Å². The summed E-state index contributed by atoms with van der Waals surface area (Å²) in [7, 11) is 0. The molecule has 2 aromatic heterocycles. The van der Waals surface area contributed by atoms with Gasteiger partial charge in [-0.1, -0.05) is 30.3 Å². The second-order valence-electron chi connectivity index (χ2n) is 5.91. The van der Waals surface area contributed by atoms with Gasteiger partial charge in [-0.25, -0.2) is 0 Å². The van der Waals surface area contributed by atoms with Gasteiger partial charge in [0.15, 0.2) is 5.82 Å². The van der Waals surface area contributed by atoms with Gasteiger partial charge >= 0.3 is 0 Å². The van der Waals surface area contributed by atoms with Crippen molar-refractivity contribution in [1.82, 2.24) is 19.6 Å². The van der Waals surface area contributed by atoms with Crippen molar-refractivity contribution >= 4 is 27.7 Å². The molecule has 0 spiro atoms. The van der Waals surface area contributed by atoms with Gasteiger partial charge in [-0.15, -0.1) is 0 Å². The molecule has 0 aliphatic heterocycles. The molecule has 130 valence electrons. The summed E-state index contributed by atoms with van der Waals surface area (Å²) in [6.45, 7) is 5.16. The predicted octanol–water partition coefficient (Wildman–Crippen LogP) is 3.54. The number of carbonyl (C=O) groups is 1. The Labute approximate surface area is 155 Å². The van der Waals surface area contributed by atoms with Gasteiger partial charge in [0.2, 0.25) is 5.91 Å². The number of aryl methyl sites for hydroxylation is 2. The van der Waals surface area contributed by atoms with Crippen molar-refractivity contribution < 1.29 is 4.79 Å². The van der Waals surface area contributed by atoms with Crippen molar-refractivity contribution in [2.24, 2.45) is 0 Å². The first-order chi connectivity index (χ1) is 12.0. The molecule has 6 nitrogen and oxygen atoms in total. The Morgan fingerprint density at radius 3 is 2.64 bits per heavy atom. The van der Waals surface area contributed by atoms with Gasteiger partial charge in [-0.05, 0) is 35.3 Å². The third-order valence-electron chi connectivity index (χ3n) is 4.02. The van der Waals surface area contributed by atoms with Gasteiger partial charge < -0.3 is 5.32 Å². The first-order valence-corrected chi connectivity index (χ1v) is 8.88. The molecule has 3 rings (SSSR count). The highest BCUT2D eigenvalue weighted by Crippen LogP contribution is 2.15. The fourth-order valence-corrected chi connectivity index (χ4v) is 2.85. The number of nitrogens with one attached hydrogen (secondary N) is 1. The van der Waals surface area contributed by atoms with Crippen LogP contribution in [0.2, 0.25) is 0 Å². The molecule has 0 aliphatic rings. The fraction of sp³-hybridized carbons (Fsp3) is 0.278. The number of carbonyl (C=O) groups excluding carboxylic acids is 1. The average molecular weight is 402 g/mol. The molecule has 0 radical (unpaired) electrons. The average Bonchev–Trinajstić information content (AvgIpc) is 3.09. The Hall–Kier alpha value is -2.41. The Bertz CT molecular complexity index is 869. The molecule has 25 heavy (non-hydrogen) atoms. The van der Waals surface area contributed by atoms with E-state index in [-0.39, 0.29) is 5.91 Å². The molecule has 1 amide bonds. The normalized spacial score (nSPS) is 10.8. The third-order valence-corrected chi connectivity index (χ3v) is 4.80. The van der Waals surface area contributed by atoms with Gasteiger partial charge in [0.25, 0.3) is 0 Å². The zero-order chi connectivity index (χ0) is 17.8. The summed E-state index contributed by atoms with van der Waals surface area (Å²) >= 11 is 3.42. The minimum absolute atomic E-state index is 0.0737. The van der Waals surface area contributed by atoms with E-state index < -0.39 is 0 Å². The fourth-order valence-electron chi connectivity index (χ4n) is 2.55. The SMILES string of the molecule is Cc1cc(NC(=O)CCn2ncc(Br)c2C)nn1Cc1ccccc1. The van der Waals surface area contributed by atoms with E-state index in [1.54, 1.807) is 6.20 Å². The van der Waals surface area contributed by atoms with Gasteiger partial charge in [0.05, 0.1) is 23.8 Å². The van der Waals surface area contributed by atoms with Crippen LogP contribution in [-0.2, 0) is 17.9 Å². The lowest BCUT2D eigenvalue weighted by Gasteiger charge is -2.05. The molecule has 0 unspecified atom stereocenters. The highest BCUT2D eigenvalue weighted by Gasteiger charge is 2.10. The number of hydrogen-bond acceptors (Lipinski definition) is 3. The highest BCUT2D eigenvalue weighted by atomic mass is 79.9. The number of benzene rings is 1. The zero-order valence-electron chi connectivity index (χ0n) is 14.2. The van der Waals surface area contributed by atoms with E-state index in [0.29, 0.717) is 25.3 Å². The Kier molecular flexibility index (Phi) is 5.33. The number of hydrogen-bond donors (Lipinski definition) is 1. The molecule has 7 heteroatoms. The number of anilines is 1. The molecule has 0 saturated heterocycles. The molecule has 0 atom stereocenters. The maximum atomic E-state index is 12.2. The molecular weight excluding hydrogens is 382 g/mol. The molecule has 1 aromatic carbocycles. The largest absolute Gasteiger partial charge is 0.309 e. The summed E-state index contributed by atoms with van der Waals surface area (Å²) in [5.41, 5.74) is 3.19. The summed E-state index contributed by atoms with van der Waals surface area (Å²) < 4.78 is 4.64. The second-order valence-corrected chi connectivity index (χ2v) is 6.77. The van der Waals surface area contributed by atoms with Crippen LogP contribution in [0.1, 0.15) is 23.4 Å². The van der Waals surface area contributed by atoms with Crippen molar-refractivity contribution in [1.29, 1.82) is 0 Å². The quantitative estimate of drug-likeness (QED) is 0.686. The van der Waals surface area contributed by atoms with E-state index in [1.165, 1.54) is 5.56 Å². The smallest absolute Gasteiger partial charge is 0.227 e. The van der Waals surface area contributed by atoms with Crippen LogP contribution in [-0.4, -0.2) is 25.5 Å². The van der Waals surface area contributed by atoms with Crippen LogP contribution in [0.3, 0.4) is 0 Å². The minimum atomic E-state index is -0.0737. The molecule has 2 heterocycles. The molecule has 0 saturated carbocycles. The second kappa shape index (κ2) is 7.65. The summed E-state index contributed by atoms with van der Waals surface area (Å²) in [4.78, 5) is 12.2. The van der Waals surface area contributed by atoms with Crippen LogP contribution < -0.4 is 5.32 Å². The molecule has 0 bridgehead atoms. The maximum Gasteiger partial charge on any atom is 0.227 e. The van der Waals surface area contributed by atoms with Gasteiger partial charge in [0.1, 0.15) is 0 Å². The van der Waals surface area contributed by atoms with Crippen LogP contribution in [0.4, 0.5) is 5.82 Å². The summed E-state index contributed by atoms with van der Waals surface area (Å²) in [6, 6.07) is 12.0. The van der Waals surface area contributed by atoms with Crippen LogP contribution in [0.5, 0.6) is 0 Å². The summed E-state index contributed by atoms with van der Waals surface area (Å²) in [5, 5.41) is 11.6. The molecule has 1 N–H and O–H groups in total. The van der Waals surface area contributed by atoms with Crippen LogP contribution >= 0.6 is 15.9 Å². The van der Waals surface area contributed by atoms with Gasteiger partial charge in [-0.2, -0.15) is 10.2 Å². The molecular formula is C18H20BrN5O. The third kappa shape index (κ3) is 4.36. The zero-order valence-corrected chi connectivity index (χ0v) is 15.8. The van der Waals surface area contributed by atoms with Crippen LogP contribution in [0.25, 0.3) is 0 Å². The van der Waals surface area contributed by atoms with Crippen molar-refractivity contribution in [3.8, 4) is 0 Å². The lowest BCUT2D eigenvalue weighted by molar-refractivity contribution is -0.116. The lowest BCUT2D eigenvalue weighted by Crippen LogP contribution is -2.16. The van der Waals surface area contributed by atoms with E-state index in [9.17, 15) is 4.79 Å². The Morgan fingerprint density at radius 1 is 1.20 bits per heavy atom. The van der Waals surface area contributed by atoms with Crippen LogP contribution in [0.15, 0.2) is 47.1 Å². The number of nitrogens with zero attached hydrogens (tertiary/aromatic N) is 4. The monoisotopic (exact) mass is 401 g/mol. The molecule has 3 aromatic rings.